The molecule has 0 amide bonds. The molecule has 1 N–H and O–H groups in total. The fourth-order valence-electron chi connectivity index (χ4n) is 2.92. The number of nitrogens with one attached hydrogen (secondary N) is 1. The van der Waals surface area contributed by atoms with Gasteiger partial charge in [0.2, 0.25) is 0 Å². The van der Waals surface area contributed by atoms with Crippen LogP contribution in [0.2, 0.25) is 0 Å². The molecule has 0 aliphatic heterocycles. The maximum Gasteiger partial charge on any atom is 0.184 e. The van der Waals surface area contributed by atoms with Crippen LogP contribution in [0.25, 0.3) is 10.2 Å². The molecular weight excluding hydrogens is 240 g/mol. The van der Waals surface area contributed by atoms with Crippen molar-refractivity contribution in [3.8, 4) is 0 Å². The van der Waals surface area contributed by atoms with Crippen LogP contribution in [0.1, 0.15) is 38.2 Å². The van der Waals surface area contributed by atoms with E-state index in [-0.39, 0.29) is 0 Å². The van der Waals surface area contributed by atoms with Gasteiger partial charge < -0.3 is 5.32 Å². The molecule has 0 radical (unpaired) electrons. The lowest BCUT2D eigenvalue weighted by Crippen LogP contribution is -2.23. The molecule has 3 rings (SSSR count). The summed E-state index contributed by atoms with van der Waals surface area (Å²) >= 11 is 1.78. The molecule has 96 valence electrons. The van der Waals surface area contributed by atoms with Gasteiger partial charge in [-0.3, -0.25) is 0 Å². The fourth-order valence-corrected chi connectivity index (χ4v) is 3.96. The number of para-hydroxylation sites is 1. The second kappa shape index (κ2) is 4.88. The Labute approximate surface area is 112 Å². The molecule has 1 aromatic carbocycles. The molecule has 1 saturated carbocycles. The summed E-state index contributed by atoms with van der Waals surface area (Å²) in [5.74, 6) is 0.832. The molecule has 2 aromatic rings. The molecule has 1 fully saturated rings. The maximum atomic E-state index is 4.73. The van der Waals surface area contributed by atoms with Gasteiger partial charge in [-0.15, -0.1) is 0 Å². The molecule has 0 bridgehead atoms. The van der Waals surface area contributed by atoms with Gasteiger partial charge in [-0.25, -0.2) is 4.98 Å². The molecule has 2 nitrogen and oxygen atoms in total. The van der Waals surface area contributed by atoms with E-state index in [0.717, 1.165) is 16.6 Å². The monoisotopic (exact) mass is 260 g/mol. The van der Waals surface area contributed by atoms with Gasteiger partial charge in [-0.2, -0.15) is 0 Å². The highest BCUT2D eigenvalue weighted by molar-refractivity contribution is 7.22. The van der Waals surface area contributed by atoms with Crippen LogP contribution in [0.4, 0.5) is 5.13 Å². The summed E-state index contributed by atoms with van der Waals surface area (Å²) in [6, 6.07) is 6.95. The number of aryl methyl sites for hydroxylation is 1. The molecule has 0 spiro atoms. The van der Waals surface area contributed by atoms with Crippen LogP contribution in [0.3, 0.4) is 0 Å². The van der Waals surface area contributed by atoms with E-state index in [2.05, 4.69) is 37.4 Å². The van der Waals surface area contributed by atoms with Crippen molar-refractivity contribution in [3.63, 3.8) is 0 Å². The largest absolute Gasteiger partial charge is 0.359 e. The number of benzene rings is 1. The molecule has 0 saturated heterocycles. The molecule has 3 heteroatoms. The standard InChI is InChI=1S/C15H20N2S/c1-10-6-5-9-13-14(10)17-15(18-13)16-11(2)12-7-3-4-8-12/h5-6,9,11-12H,3-4,7-8H2,1-2H3,(H,16,17). The molecule has 1 aliphatic carbocycles. The van der Waals surface area contributed by atoms with Crippen molar-refractivity contribution in [2.45, 2.75) is 45.6 Å². The van der Waals surface area contributed by atoms with Gasteiger partial charge >= 0.3 is 0 Å². The van der Waals surface area contributed by atoms with Crippen molar-refractivity contribution in [3.05, 3.63) is 23.8 Å². The Morgan fingerprint density at radius 3 is 2.83 bits per heavy atom. The first kappa shape index (κ1) is 12.0. The van der Waals surface area contributed by atoms with Crippen molar-refractivity contribution in [1.82, 2.24) is 4.98 Å². The average Bonchev–Trinajstić information content (AvgIpc) is 2.97. The predicted molar refractivity (Wildman–Crippen MR) is 79.4 cm³/mol. The molecule has 1 aromatic heterocycles. The van der Waals surface area contributed by atoms with Crippen molar-refractivity contribution >= 4 is 26.7 Å². The fraction of sp³-hybridized carbons (Fsp3) is 0.533. The van der Waals surface area contributed by atoms with Crippen molar-refractivity contribution in [2.75, 3.05) is 5.32 Å². The van der Waals surface area contributed by atoms with Crippen molar-refractivity contribution in [1.29, 1.82) is 0 Å². The zero-order chi connectivity index (χ0) is 12.5. The Morgan fingerprint density at radius 1 is 1.33 bits per heavy atom. The summed E-state index contributed by atoms with van der Waals surface area (Å²) < 4.78 is 1.29. The molecule has 1 atom stereocenters. The highest BCUT2D eigenvalue weighted by Crippen LogP contribution is 2.32. The zero-order valence-corrected chi connectivity index (χ0v) is 11.9. The Hall–Kier alpha value is -1.09. The van der Waals surface area contributed by atoms with E-state index in [9.17, 15) is 0 Å². The summed E-state index contributed by atoms with van der Waals surface area (Å²) in [6.07, 6.45) is 5.54. The zero-order valence-electron chi connectivity index (χ0n) is 11.1. The first-order valence-electron chi connectivity index (χ1n) is 6.87. The maximum absolute atomic E-state index is 4.73. The normalized spacial score (nSPS) is 18.3. The second-order valence-corrected chi connectivity index (χ2v) is 6.45. The summed E-state index contributed by atoms with van der Waals surface area (Å²) in [7, 11) is 0. The Bertz CT molecular complexity index is 540. The van der Waals surface area contributed by atoms with Gasteiger partial charge in [0.05, 0.1) is 10.2 Å². The van der Waals surface area contributed by atoms with E-state index in [4.69, 9.17) is 4.98 Å². The minimum atomic E-state index is 0.549. The Morgan fingerprint density at radius 2 is 2.11 bits per heavy atom. The van der Waals surface area contributed by atoms with Crippen LogP contribution >= 0.6 is 11.3 Å². The molecular formula is C15H20N2S. The van der Waals surface area contributed by atoms with E-state index >= 15 is 0 Å². The third kappa shape index (κ3) is 2.24. The van der Waals surface area contributed by atoms with Crippen molar-refractivity contribution in [2.24, 2.45) is 5.92 Å². The lowest BCUT2D eigenvalue weighted by Gasteiger charge is -2.19. The lowest BCUT2D eigenvalue weighted by molar-refractivity contribution is 0.482. The first-order chi connectivity index (χ1) is 8.74. The lowest BCUT2D eigenvalue weighted by atomic mass is 10.0. The van der Waals surface area contributed by atoms with Gasteiger partial charge in [-0.1, -0.05) is 36.3 Å². The molecule has 1 unspecified atom stereocenters. The van der Waals surface area contributed by atoms with E-state index in [1.165, 1.54) is 35.9 Å². The van der Waals surface area contributed by atoms with E-state index in [0.29, 0.717) is 6.04 Å². The Balaban J connectivity index is 1.80. The van der Waals surface area contributed by atoms with Crippen LogP contribution in [0.15, 0.2) is 18.2 Å². The van der Waals surface area contributed by atoms with Gasteiger partial charge in [0.25, 0.3) is 0 Å². The number of hydrogen-bond acceptors (Lipinski definition) is 3. The van der Waals surface area contributed by atoms with Crippen LogP contribution in [0.5, 0.6) is 0 Å². The summed E-state index contributed by atoms with van der Waals surface area (Å²) in [5, 5.41) is 4.69. The number of anilines is 1. The summed E-state index contributed by atoms with van der Waals surface area (Å²) in [6.45, 7) is 4.43. The molecule has 1 aliphatic rings. The number of thiazole rings is 1. The van der Waals surface area contributed by atoms with E-state index in [1.54, 1.807) is 11.3 Å². The van der Waals surface area contributed by atoms with Gasteiger partial charge in [0.1, 0.15) is 0 Å². The van der Waals surface area contributed by atoms with Gasteiger partial charge in [0, 0.05) is 6.04 Å². The number of aromatic nitrogens is 1. The molecule has 1 heterocycles. The SMILES string of the molecule is Cc1cccc2sc(NC(C)C3CCCC3)nc12. The number of rotatable bonds is 3. The minimum Gasteiger partial charge on any atom is -0.359 e. The second-order valence-electron chi connectivity index (χ2n) is 5.42. The number of hydrogen-bond donors (Lipinski definition) is 1. The quantitative estimate of drug-likeness (QED) is 0.872. The smallest absolute Gasteiger partial charge is 0.184 e. The van der Waals surface area contributed by atoms with Crippen LogP contribution in [0, 0.1) is 12.8 Å². The average molecular weight is 260 g/mol. The van der Waals surface area contributed by atoms with Crippen LogP contribution < -0.4 is 5.32 Å². The van der Waals surface area contributed by atoms with Crippen molar-refractivity contribution < 1.29 is 0 Å². The minimum absolute atomic E-state index is 0.549. The van der Waals surface area contributed by atoms with E-state index < -0.39 is 0 Å². The topological polar surface area (TPSA) is 24.9 Å². The molecule has 18 heavy (non-hydrogen) atoms. The summed E-state index contributed by atoms with van der Waals surface area (Å²) in [4.78, 5) is 4.73. The van der Waals surface area contributed by atoms with Crippen LogP contribution in [-0.2, 0) is 0 Å². The number of fused-ring (bicyclic) bond motifs is 1. The Kier molecular flexibility index (Phi) is 3.25. The van der Waals surface area contributed by atoms with Crippen LogP contribution in [-0.4, -0.2) is 11.0 Å². The van der Waals surface area contributed by atoms with E-state index in [1.807, 2.05) is 0 Å². The highest BCUT2D eigenvalue weighted by Gasteiger charge is 2.22. The van der Waals surface area contributed by atoms with Gasteiger partial charge in [-0.05, 0) is 44.2 Å². The third-order valence-electron chi connectivity index (χ3n) is 4.08. The predicted octanol–water partition coefficient (Wildman–Crippen LogP) is 4.60. The summed E-state index contributed by atoms with van der Waals surface area (Å²) in [5.41, 5.74) is 2.42. The highest BCUT2D eigenvalue weighted by atomic mass is 32.1. The first-order valence-corrected chi connectivity index (χ1v) is 7.68. The van der Waals surface area contributed by atoms with Gasteiger partial charge in [0.15, 0.2) is 5.13 Å². The third-order valence-corrected chi connectivity index (χ3v) is 5.03. The number of nitrogens with zero attached hydrogens (tertiary/aromatic N) is 1.